The van der Waals surface area contributed by atoms with Gasteiger partial charge in [0, 0.05) is 52.1 Å². The summed E-state index contributed by atoms with van der Waals surface area (Å²) < 4.78 is 0. The molecule has 0 N–H and O–H groups in total. The van der Waals surface area contributed by atoms with Crippen LogP contribution in [-0.4, -0.2) is 70.8 Å². The fraction of sp³-hybridized carbons (Fsp3) is 0.423. The van der Waals surface area contributed by atoms with Crippen LogP contribution in [0.4, 0.5) is 5.69 Å². The second-order valence-electron chi connectivity index (χ2n) is 9.31. The zero-order valence-electron chi connectivity index (χ0n) is 19.1. The standard InChI is InChI=1S/C26H30N4O3/c1-26-13-11-24(32)30(26)22-10-6-5-9-21(22)25(33)29(26)14-12-23(31)28-17-15-27(16-18-28)19-20-7-3-2-4-8-20/h2-10H,11-19H2,1H3. The summed E-state index contributed by atoms with van der Waals surface area (Å²) in [4.78, 5) is 46.8. The minimum atomic E-state index is -0.711. The molecular weight excluding hydrogens is 416 g/mol. The van der Waals surface area contributed by atoms with Crippen LogP contribution >= 0.6 is 0 Å². The monoisotopic (exact) mass is 446 g/mol. The van der Waals surface area contributed by atoms with E-state index in [-0.39, 0.29) is 24.1 Å². The summed E-state index contributed by atoms with van der Waals surface area (Å²) in [5, 5.41) is 0. The van der Waals surface area contributed by atoms with Crippen molar-refractivity contribution in [2.75, 3.05) is 37.6 Å². The van der Waals surface area contributed by atoms with Gasteiger partial charge in [-0.3, -0.25) is 24.2 Å². The largest absolute Gasteiger partial charge is 0.340 e. The Bertz CT molecular complexity index is 1060. The van der Waals surface area contributed by atoms with Crippen LogP contribution in [0.15, 0.2) is 54.6 Å². The number of fused-ring (bicyclic) bond motifs is 3. The predicted octanol–water partition coefficient (Wildman–Crippen LogP) is 2.72. The summed E-state index contributed by atoms with van der Waals surface area (Å²) in [7, 11) is 0. The first kappa shape index (κ1) is 21.6. The minimum Gasteiger partial charge on any atom is -0.340 e. The number of rotatable bonds is 5. The summed E-state index contributed by atoms with van der Waals surface area (Å²) in [6.07, 6.45) is 1.26. The van der Waals surface area contributed by atoms with Crippen LogP contribution in [0.5, 0.6) is 0 Å². The third-order valence-electron chi connectivity index (χ3n) is 7.27. The molecule has 7 heteroatoms. The van der Waals surface area contributed by atoms with Crippen molar-refractivity contribution in [3.8, 4) is 0 Å². The van der Waals surface area contributed by atoms with Gasteiger partial charge in [0.25, 0.3) is 5.91 Å². The Hall–Kier alpha value is -3.19. The van der Waals surface area contributed by atoms with Gasteiger partial charge in [-0.2, -0.15) is 0 Å². The van der Waals surface area contributed by atoms with Crippen LogP contribution < -0.4 is 4.90 Å². The molecule has 0 aromatic heterocycles. The topological polar surface area (TPSA) is 64.2 Å². The molecule has 3 aliphatic rings. The maximum absolute atomic E-state index is 13.3. The van der Waals surface area contributed by atoms with Gasteiger partial charge in [0.15, 0.2) is 0 Å². The number of amides is 3. The lowest BCUT2D eigenvalue weighted by molar-refractivity contribution is -0.133. The fourth-order valence-corrected chi connectivity index (χ4v) is 5.40. The zero-order valence-corrected chi connectivity index (χ0v) is 19.1. The van der Waals surface area contributed by atoms with Crippen molar-refractivity contribution >= 4 is 23.4 Å². The average molecular weight is 447 g/mol. The van der Waals surface area contributed by atoms with Crippen molar-refractivity contribution in [1.29, 1.82) is 0 Å². The normalized spacial score (nSPS) is 23.0. The van der Waals surface area contributed by atoms with Crippen LogP contribution in [0.1, 0.15) is 42.1 Å². The number of hydrogen-bond donors (Lipinski definition) is 0. The van der Waals surface area contributed by atoms with E-state index >= 15 is 0 Å². The molecule has 3 amide bonds. The number of hydrogen-bond acceptors (Lipinski definition) is 4. The number of anilines is 1. The molecule has 33 heavy (non-hydrogen) atoms. The number of piperazine rings is 1. The van der Waals surface area contributed by atoms with Crippen LogP contribution in [0.3, 0.4) is 0 Å². The Morgan fingerprint density at radius 3 is 2.39 bits per heavy atom. The quantitative estimate of drug-likeness (QED) is 0.709. The third kappa shape index (κ3) is 3.91. The molecule has 0 saturated carbocycles. The molecule has 2 fully saturated rings. The van der Waals surface area contributed by atoms with Crippen LogP contribution in [0.2, 0.25) is 0 Å². The highest BCUT2D eigenvalue weighted by Crippen LogP contribution is 2.44. The highest BCUT2D eigenvalue weighted by atomic mass is 16.2. The smallest absolute Gasteiger partial charge is 0.257 e. The molecule has 3 heterocycles. The first-order valence-electron chi connectivity index (χ1n) is 11.8. The summed E-state index contributed by atoms with van der Waals surface area (Å²) in [6.45, 7) is 6.24. The summed E-state index contributed by atoms with van der Waals surface area (Å²) >= 11 is 0. The van der Waals surface area contributed by atoms with Crippen molar-refractivity contribution in [1.82, 2.24) is 14.7 Å². The predicted molar refractivity (Wildman–Crippen MR) is 126 cm³/mol. The van der Waals surface area contributed by atoms with Crippen LogP contribution in [0.25, 0.3) is 0 Å². The van der Waals surface area contributed by atoms with E-state index in [1.165, 1.54) is 5.56 Å². The van der Waals surface area contributed by atoms with Crippen LogP contribution in [0, 0.1) is 0 Å². The minimum absolute atomic E-state index is 0.0308. The van der Waals surface area contributed by atoms with E-state index in [0.717, 1.165) is 19.6 Å². The van der Waals surface area contributed by atoms with E-state index in [1.807, 2.05) is 36.1 Å². The molecular formula is C26H30N4O3. The molecule has 3 aliphatic heterocycles. The number of carbonyl (C=O) groups excluding carboxylic acids is 3. The Labute approximate surface area is 194 Å². The maximum atomic E-state index is 13.3. The second kappa shape index (κ2) is 8.63. The summed E-state index contributed by atoms with van der Waals surface area (Å²) in [5.74, 6) is 0.00309. The molecule has 7 nitrogen and oxygen atoms in total. The molecule has 5 rings (SSSR count). The number of carbonyl (C=O) groups is 3. The highest BCUT2D eigenvalue weighted by Gasteiger charge is 2.52. The molecule has 2 aromatic rings. The van der Waals surface area contributed by atoms with E-state index in [2.05, 4.69) is 29.2 Å². The van der Waals surface area contributed by atoms with Gasteiger partial charge in [-0.25, -0.2) is 0 Å². The van der Waals surface area contributed by atoms with Gasteiger partial charge >= 0.3 is 0 Å². The molecule has 0 bridgehead atoms. The van der Waals surface area contributed by atoms with E-state index < -0.39 is 5.66 Å². The van der Waals surface area contributed by atoms with Crippen molar-refractivity contribution in [3.05, 3.63) is 65.7 Å². The van der Waals surface area contributed by atoms with Gasteiger partial charge < -0.3 is 9.80 Å². The van der Waals surface area contributed by atoms with Gasteiger partial charge in [0.05, 0.1) is 11.3 Å². The SMILES string of the molecule is CC12CCC(=O)N1c1ccccc1C(=O)N2CCC(=O)N1CCN(Cc2ccccc2)CC1. The van der Waals surface area contributed by atoms with E-state index in [9.17, 15) is 14.4 Å². The van der Waals surface area contributed by atoms with E-state index in [0.29, 0.717) is 43.7 Å². The molecule has 0 spiro atoms. The molecule has 172 valence electrons. The maximum Gasteiger partial charge on any atom is 0.257 e. The molecule has 0 aliphatic carbocycles. The first-order chi connectivity index (χ1) is 16.0. The van der Waals surface area contributed by atoms with Gasteiger partial charge in [0.2, 0.25) is 11.8 Å². The lowest BCUT2D eigenvalue weighted by Crippen LogP contribution is -2.62. The Balaban J connectivity index is 1.22. The average Bonchev–Trinajstić information content (AvgIpc) is 3.15. The third-order valence-corrected chi connectivity index (χ3v) is 7.27. The van der Waals surface area contributed by atoms with Crippen molar-refractivity contribution in [2.45, 2.75) is 38.4 Å². The Morgan fingerprint density at radius 1 is 0.939 bits per heavy atom. The van der Waals surface area contributed by atoms with Crippen molar-refractivity contribution < 1.29 is 14.4 Å². The van der Waals surface area contributed by atoms with Crippen LogP contribution in [-0.2, 0) is 16.1 Å². The van der Waals surface area contributed by atoms with Gasteiger partial charge in [0.1, 0.15) is 5.66 Å². The Kier molecular flexibility index (Phi) is 5.66. The van der Waals surface area contributed by atoms with Gasteiger partial charge in [-0.1, -0.05) is 42.5 Å². The molecule has 1 unspecified atom stereocenters. The number of benzene rings is 2. The van der Waals surface area contributed by atoms with Gasteiger partial charge in [-0.15, -0.1) is 0 Å². The number of nitrogens with zero attached hydrogens (tertiary/aromatic N) is 4. The summed E-state index contributed by atoms with van der Waals surface area (Å²) in [6, 6.07) is 17.7. The van der Waals surface area contributed by atoms with E-state index in [4.69, 9.17) is 0 Å². The molecule has 2 saturated heterocycles. The summed E-state index contributed by atoms with van der Waals surface area (Å²) in [5.41, 5.74) is 1.79. The highest BCUT2D eigenvalue weighted by molar-refractivity contribution is 6.10. The number of para-hydroxylation sites is 1. The van der Waals surface area contributed by atoms with E-state index in [1.54, 1.807) is 15.9 Å². The van der Waals surface area contributed by atoms with Gasteiger partial charge in [-0.05, 0) is 31.0 Å². The second-order valence-corrected chi connectivity index (χ2v) is 9.31. The first-order valence-corrected chi connectivity index (χ1v) is 11.8. The zero-order chi connectivity index (χ0) is 23.0. The molecule has 1 atom stereocenters. The molecule has 0 radical (unpaired) electrons. The lowest BCUT2D eigenvalue weighted by atomic mass is 9.98. The van der Waals surface area contributed by atoms with Crippen molar-refractivity contribution in [2.24, 2.45) is 0 Å². The molecule has 2 aromatic carbocycles. The lowest BCUT2D eigenvalue weighted by Gasteiger charge is -2.48. The Morgan fingerprint density at radius 2 is 1.64 bits per heavy atom. The fourth-order valence-electron chi connectivity index (χ4n) is 5.40. The van der Waals surface area contributed by atoms with Crippen molar-refractivity contribution in [3.63, 3.8) is 0 Å².